The smallest absolute Gasteiger partial charge is 0.313 e. The molecule has 2 amide bonds. The summed E-state index contributed by atoms with van der Waals surface area (Å²) < 4.78 is 0. The van der Waals surface area contributed by atoms with Gasteiger partial charge in [0.15, 0.2) is 0 Å². The van der Waals surface area contributed by atoms with Crippen LogP contribution < -0.4 is 10.6 Å². The maximum atomic E-state index is 11.6. The Morgan fingerprint density at radius 2 is 1.68 bits per heavy atom. The molecule has 0 bridgehead atoms. The van der Waals surface area contributed by atoms with Gasteiger partial charge in [-0.3, -0.25) is 9.59 Å². The van der Waals surface area contributed by atoms with E-state index >= 15 is 0 Å². The van der Waals surface area contributed by atoms with Gasteiger partial charge in [-0.25, -0.2) is 0 Å². The van der Waals surface area contributed by atoms with Gasteiger partial charge in [-0.05, 0) is 24.6 Å². The summed E-state index contributed by atoms with van der Waals surface area (Å²) in [5, 5.41) is 5.78. The number of hydrogen-bond acceptors (Lipinski definition) is 2. The van der Waals surface area contributed by atoms with Gasteiger partial charge in [0.25, 0.3) is 0 Å². The van der Waals surface area contributed by atoms with Crippen molar-refractivity contribution in [1.29, 1.82) is 0 Å². The van der Waals surface area contributed by atoms with E-state index in [2.05, 4.69) is 17.6 Å². The molecule has 1 aromatic rings. The van der Waals surface area contributed by atoms with Crippen molar-refractivity contribution in [1.82, 2.24) is 5.32 Å². The van der Waals surface area contributed by atoms with E-state index in [1.54, 1.807) is 6.07 Å². The Bertz CT molecular complexity index is 444. The van der Waals surface area contributed by atoms with E-state index in [9.17, 15) is 9.59 Å². The van der Waals surface area contributed by atoms with E-state index in [1.807, 2.05) is 0 Å². The molecule has 2 N–H and O–H groups in total. The molecule has 0 spiro atoms. The SMILES string of the molecule is CCCCCNC(=O)C(=O)Nc1cc(Cl)cc(Cl)c1. The van der Waals surface area contributed by atoms with Crippen LogP contribution in [0.5, 0.6) is 0 Å². The number of anilines is 1. The molecule has 6 heteroatoms. The number of halogens is 2. The minimum atomic E-state index is -0.727. The molecule has 0 aliphatic carbocycles. The van der Waals surface area contributed by atoms with Crippen molar-refractivity contribution in [3.8, 4) is 0 Å². The minimum Gasteiger partial charge on any atom is -0.348 e. The number of benzene rings is 1. The van der Waals surface area contributed by atoms with Gasteiger partial charge in [0, 0.05) is 22.3 Å². The minimum absolute atomic E-state index is 0.395. The maximum Gasteiger partial charge on any atom is 0.313 e. The normalized spacial score (nSPS) is 10.1. The molecule has 104 valence electrons. The first kappa shape index (κ1) is 15.8. The van der Waals surface area contributed by atoms with E-state index in [4.69, 9.17) is 23.2 Å². The largest absolute Gasteiger partial charge is 0.348 e. The van der Waals surface area contributed by atoms with Gasteiger partial charge < -0.3 is 10.6 Å². The Balaban J connectivity index is 2.47. The molecule has 0 aliphatic rings. The van der Waals surface area contributed by atoms with E-state index < -0.39 is 11.8 Å². The molecule has 1 rings (SSSR count). The maximum absolute atomic E-state index is 11.6. The van der Waals surface area contributed by atoms with Crippen LogP contribution in [0.15, 0.2) is 18.2 Å². The van der Waals surface area contributed by atoms with Crippen molar-refractivity contribution in [3.63, 3.8) is 0 Å². The third-order valence-corrected chi connectivity index (χ3v) is 2.83. The Kier molecular flexibility index (Phi) is 6.67. The van der Waals surface area contributed by atoms with Gasteiger partial charge in [-0.15, -0.1) is 0 Å². The van der Waals surface area contributed by atoms with Gasteiger partial charge in [0.1, 0.15) is 0 Å². The van der Waals surface area contributed by atoms with E-state index in [-0.39, 0.29) is 0 Å². The quantitative estimate of drug-likeness (QED) is 0.648. The number of nitrogens with one attached hydrogen (secondary N) is 2. The summed E-state index contributed by atoms with van der Waals surface area (Å²) in [6, 6.07) is 4.59. The van der Waals surface area contributed by atoms with Crippen LogP contribution in [0, 0.1) is 0 Å². The molecule has 0 unspecified atom stereocenters. The molecule has 0 radical (unpaired) electrons. The predicted octanol–water partition coefficient (Wildman–Crippen LogP) is 3.24. The highest BCUT2D eigenvalue weighted by Gasteiger charge is 2.13. The molecule has 4 nitrogen and oxygen atoms in total. The van der Waals surface area contributed by atoms with Crippen molar-refractivity contribution in [2.75, 3.05) is 11.9 Å². The predicted molar refractivity (Wildman–Crippen MR) is 77.6 cm³/mol. The summed E-state index contributed by atoms with van der Waals surface area (Å²) >= 11 is 11.6. The fourth-order valence-corrected chi connectivity index (χ4v) is 2.00. The van der Waals surface area contributed by atoms with Gasteiger partial charge in [0.05, 0.1) is 0 Å². The molecule has 0 saturated carbocycles. The van der Waals surface area contributed by atoms with Gasteiger partial charge in [0.2, 0.25) is 0 Å². The third-order valence-electron chi connectivity index (χ3n) is 2.39. The lowest BCUT2D eigenvalue weighted by Gasteiger charge is -2.07. The number of carbonyl (C=O) groups is 2. The molecule has 0 fully saturated rings. The second-order valence-electron chi connectivity index (χ2n) is 4.08. The van der Waals surface area contributed by atoms with E-state index in [0.29, 0.717) is 22.3 Å². The van der Waals surface area contributed by atoms with Crippen LogP contribution >= 0.6 is 23.2 Å². The first-order valence-corrected chi connectivity index (χ1v) is 6.83. The van der Waals surface area contributed by atoms with Crippen LogP contribution in [-0.2, 0) is 9.59 Å². The first-order chi connectivity index (χ1) is 9.02. The number of carbonyl (C=O) groups excluding carboxylic acids is 2. The summed E-state index contributed by atoms with van der Waals surface area (Å²) in [5.74, 6) is -1.39. The number of hydrogen-bond donors (Lipinski definition) is 2. The number of unbranched alkanes of at least 4 members (excludes halogenated alkanes) is 2. The Morgan fingerprint density at radius 1 is 1.05 bits per heavy atom. The lowest BCUT2D eigenvalue weighted by atomic mass is 10.2. The Labute approximate surface area is 122 Å². The molecule has 0 atom stereocenters. The molecule has 0 saturated heterocycles. The van der Waals surface area contributed by atoms with Crippen LogP contribution in [0.4, 0.5) is 5.69 Å². The van der Waals surface area contributed by atoms with E-state index in [0.717, 1.165) is 19.3 Å². The monoisotopic (exact) mass is 302 g/mol. The highest BCUT2D eigenvalue weighted by atomic mass is 35.5. The van der Waals surface area contributed by atoms with Crippen molar-refractivity contribution >= 4 is 40.7 Å². The van der Waals surface area contributed by atoms with Crippen LogP contribution in [-0.4, -0.2) is 18.4 Å². The zero-order valence-corrected chi connectivity index (χ0v) is 12.1. The van der Waals surface area contributed by atoms with Crippen LogP contribution in [0.3, 0.4) is 0 Å². The lowest BCUT2D eigenvalue weighted by Crippen LogP contribution is -2.35. The summed E-state index contributed by atoms with van der Waals surface area (Å²) in [7, 11) is 0. The molecular formula is C13H16Cl2N2O2. The standard InChI is InChI=1S/C13H16Cl2N2O2/c1-2-3-4-5-16-12(18)13(19)17-11-7-9(14)6-10(15)8-11/h6-8H,2-5H2,1H3,(H,16,18)(H,17,19). The van der Waals surface area contributed by atoms with Gasteiger partial charge in [-0.2, -0.15) is 0 Å². The average molecular weight is 303 g/mol. The summed E-state index contributed by atoms with van der Waals surface area (Å²) in [5.41, 5.74) is 0.395. The molecule has 0 aromatic heterocycles. The molecule has 0 heterocycles. The van der Waals surface area contributed by atoms with Crippen LogP contribution in [0.25, 0.3) is 0 Å². The summed E-state index contributed by atoms with van der Waals surface area (Å²) in [4.78, 5) is 23.1. The van der Waals surface area contributed by atoms with Crippen molar-refractivity contribution in [2.24, 2.45) is 0 Å². The highest BCUT2D eigenvalue weighted by molar-refractivity contribution is 6.40. The van der Waals surface area contributed by atoms with Gasteiger partial charge in [-0.1, -0.05) is 43.0 Å². The van der Waals surface area contributed by atoms with Crippen molar-refractivity contribution < 1.29 is 9.59 Å². The topological polar surface area (TPSA) is 58.2 Å². The third kappa shape index (κ3) is 5.94. The molecular weight excluding hydrogens is 287 g/mol. The average Bonchev–Trinajstić information content (AvgIpc) is 2.33. The van der Waals surface area contributed by atoms with Gasteiger partial charge >= 0.3 is 11.8 Å². The number of rotatable bonds is 5. The number of amides is 2. The zero-order valence-electron chi connectivity index (χ0n) is 10.6. The first-order valence-electron chi connectivity index (χ1n) is 6.08. The fraction of sp³-hybridized carbons (Fsp3) is 0.385. The van der Waals surface area contributed by atoms with Crippen LogP contribution in [0.2, 0.25) is 10.0 Å². The summed E-state index contributed by atoms with van der Waals surface area (Å²) in [6.45, 7) is 2.56. The van der Waals surface area contributed by atoms with Crippen molar-refractivity contribution in [3.05, 3.63) is 28.2 Å². The Hall–Kier alpha value is -1.26. The highest BCUT2D eigenvalue weighted by Crippen LogP contribution is 2.22. The van der Waals surface area contributed by atoms with Crippen molar-refractivity contribution in [2.45, 2.75) is 26.2 Å². The molecule has 0 aliphatic heterocycles. The second kappa shape index (κ2) is 8.02. The lowest BCUT2D eigenvalue weighted by molar-refractivity contribution is -0.136. The van der Waals surface area contributed by atoms with E-state index in [1.165, 1.54) is 12.1 Å². The second-order valence-corrected chi connectivity index (χ2v) is 4.95. The summed E-state index contributed by atoms with van der Waals surface area (Å²) in [6.07, 6.45) is 2.94. The fourth-order valence-electron chi connectivity index (χ4n) is 1.47. The molecule has 1 aromatic carbocycles. The van der Waals surface area contributed by atoms with Crippen LogP contribution in [0.1, 0.15) is 26.2 Å². The Morgan fingerprint density at radius 3 is 2.26 bits per heavy atom. The zero-order chi connectivity index (χ0) is 14.3. The molecule has 19 heavy (non-hydrogen) atoms.